The van der Waals surface area contributed by atoms with Crippen molar-refractivity contribution in [1.29, 1.82) is 0 Å². The molecule has 0 spiro atoms. The molecule has 0 fully saturated rings. The van der Waals surface area contributed by atoms with Gasteiger partial charge in [0.1, 0.15) is 5.75 Å². The number of rotatable bonds is 5. The highest BCUT2D eigenvalue weighted by Crippen LogP contribution is 2.28. The van der Waals surface area contributed by atoms with E-state index in [0.29, 0.717) is 0 Å². The first-order valence-electron chi connectivity index (χ1n) is 6.95. The van der Waals surface area contributed by atoms with E-state index in [4.69, 9.17) is 4.74 Å². The van der Waals surface area contributed by atoms with Crippen LogP contribution in [0.3, 0.4) is 0 Å². The van der Waals surface area contributed by atoms with Crippen LogP contribution in [0.1, 0.15) is 35.2 Å². The summed E-state index contributed by atoms with van der Waals surface area (Å²) in [6.45, 7) is 7.27. The quantitative estimate of drug-likeness (QED) is 0.904. The molecule has 3 heteroatoms. The molecule has 0 aliphatic rings. The summed E-state index contributed by atoms with van der Waals surface area (Å²) in [7, 11) is 1.70. The standard InChI is InChI=1S/C17H22N2O/c1-5-19-17(16-8-9-18-11-13(16)3)15-7-6-14(20-4)10-12(15)2/h6-11,17,19H,5H2,1-4H3. The van der Waals surface area contributed by atoms with Gasteiger partial charge in [0.2, 0.25) is 0 Å². The Morgan fingerprint density at radius 2 is 1.90 bits per heavy atom. The number of aromatic nitrogens is 1. The Hall–Kier alpha value is -1.87. The Kier molecular flexibility index (Phi) is 4.74. The summed E-state index contributed by atoms with van der Waals surface area (Å²) in [6, 6.07) is 8.52. The van der Waals surface area contributed by atoms with Crippen molar-refractivity contribution >= 4 is 0 Å². The number of nitrogens with zero attached hydrogens (tertiary/aromatic N) is 1. The Morgan fingerprint density at radius 3 is 2.50 bits per heavy atom. The van der Waals surface area contributed by atoms with Crippen LogP contribution in [-0.4, -0.2) is 18.6 Å². The maximum Gasteiger partial charge on any atom is 0.119 e. The molecule has 0 amide bonds. The molecule has 1 N–H and O–H groups in total. The lowest BCUT2D eigenvalue weighted by atomic mass is 9.93. The van der Waals surface area contributed by atoms with Crippen molar-refractivity contribution < 1.29 is 4.74 Å². The molecule has 1 aromatic carbocycles. The first kappa shape index (κ1) is 14.5. The van der Waals surface area contributed by atoms with Gasteiger partial charge in [-0.05, 0) is 60.8 Å². The highest BCUT2D eigenvalue weighted by atomic mass is 16.5. The van der Waals surface area contributed by atoms with E-state index in [2.05, 4.69) is 49.3 Å². The van der Waals surface area contributed by atoms with Gasteiger partial charge in [0.05, 0.1) is 13.2 Å². The first-order valence-corrected chi connectivity index (χ1v) is 6.95. The maximum atomic E-state index is 5.29. The fourth-order valence-electron chi connectivity index (χ4n) is 2.50. The van der Waals surface area contributed by atoms with Crippen molar-refractivity contribution in [2.24, 2.45) is 0 Å². The van der Waals surface area contributed by atoms with E-state index >= 15 is 0 Å². The zero-order chi connectivity index (χ0) is 14.5. The molecule has 0 aliphatic carbocycles. The SMILES string of the molecule is CCNC(c1ccncc1C)c1ccc(OC)cc1C. The Balaban J connectivity index is 2.46. The number of ether oxygens (including phenoxy) is 1. The molecule has 1 unspecified atom stereocenters. The molecule has 1 heterocycles. The minimum atomic E-state index is 0.189. The Morgan fingerprint density at radius 1 is 1.15 bits per heavy atom. The fourth-order valence-corrected chi connectivity index (χ4v) is 2.50. The van der Waals surface area contributed by atoms with Crippen molar-refractivity contribution in [1.82, 2.24) is 10.3 Å². The van der Waals surface area contributed by atoms with Gasteiger partial charge in [-0.2, -0.15) is 0 Å². The largest absolute Gasteiger partial charge is 0.497 e. The molecule has 3 nitrogen and oxygen atoms in total. The minimum Gasteiger partial charge on any atom is -0.497 e. The third-order valence-corrected chi connectivity index (χ3v) is 3.57. The number of aryl methyl sites for hydroxylation is 2. The number of benzene rings is 1. The van der Waals surface area contributed by atoms with E-state index in [1.54, 1.807) is 7.11 Å². The molecule has 0 radical (unpaired) electrons. The normalized spacial score (nSPS) is 12.2. The zero-order valence-electron chi connectivity index (χ0n) is 12.6. The highest BCUT2D eigenvalue weighted by Gasteiger charge is 2.17. The Bertz CT molecular complexity index is 581. The fraction of sp³-hybridized carbons (Fsp3) is 0.353. The number of methoxy groups -OCH3 is 1. The highest BCUT2D eigenvalue weighted by molar-refractivity contribution is 5.42. The van der Waals surface area contributed by atoms with Crippen LogP contribution in [-0.2, 0) is 0 Å². The van der Waals surface area contributed by atoms with Gasteiger partial charge < -0.3 is 10.1 Å². The van der Waals surface area contributed by atoms with Gasteiger partial charge in [-0.3, -0.25) is 4.98 Å². The molecule has 20 heavy (non-hydrogen) atoms. The van der Waals surface area contributed by atoms with Gasteiger partial charge >= 0.3 is 0 Å². The summed E-state index contributed by atoms with van der Waals surface area (Å²) in [5, 5.41) is 3.57. The third kappa shape index (κ3) is 2.99. The molecule has 0 bridgehead atoms. The molecule has 1 aromatic heterocycles. The van der Waals surface area contributed by atoms with Gasteiger partial charge in [-0.1, -0.05) is 13.0 Å². The monoisotopic (exact) mass is 270 g/mol. The summed E-state index contributed by atoms with van der Waals surface area (Å²) < 4.78 is 5.29. The van der Waals surface area contributed by atoms with Crippen LogP contribution in [0.4, 0.5) is 0 Å². The van der Waals surface area contributed by atoms with Crippen molar-refractivity contribution in [3.05, 3.63) is 58.9 Å². The topological polar surface area (TPSA) is 34.2 Å². The van der Waals surface area contributed by atoms with E-state index in [1.807, 2.05) is 18.5 Å². The maximum absolute atomic E-state index is 5.29. The molecule has 1 atom stereocenters. The lowest BCUT2D eigenvalue weighted by Crippen LogP contribution is -2.23. The second-order valence-electron chi connectivity index (χ2n) is 4.95. The molecule has 2 aromatic rings. The second-order valence-corrected chi connectivity index (χ2v) is 4.95. The van der Waals surface area contributed by atoms with Crippen molar-refractivity contribution in [2.45, 2.75) is 26.8 Å². The van der Waals surface area contributed by atoms with Crippen LogP contribution in [0.15, 0.2) is 36.7 Å². The van der Waals surface area contributed by atoms with Crippen molar-refractivity contribution in [3.63, 3.8) is 0 Å². The summed E-state index contributed by atoms with van der Waals surface area (Å²) in [5.74, 6) is 0.896. The predicted octanol–water partition coefficient (Wildman–Crippen LogP) is 3.41. The average molecular weight is 270 g/mol. The van der Waals surface area contributed by atoms with Gasteiger partial charge in [0.15, 0.2) is 0 Å². The van der Waals surface area contributed by atoms with Gasteiger partial charge in [-0.15, -0.1) is 0 Å². The molecular formula is C17H22N2O. The molecule has 0 aliphatic heterocycles. The summed E-state index contributed by atoms with van der Waals surface area (Å²) >= 11 is 0. The van der Waals surface area contributed by atoms with Crippen LogP contribution in [0, 0.1) is 13.8 Å². The summed E-state index contributed by atoms with van der Waals surface area (Å²) in [5.41, 5.74) is 4.98. The molecular weight excluding hydrogens is 248 g/mol. The molecule has 0 saturated heterocycles. The van der Waals surface area contributed by atoms with Crippen LogP contribution < -0.4 is 10.1 Å². The average Bonchev–Trinajstić information content (AvgIpc) is 2.46. The minimum absolute atomic E-state index is 0.189. The second kappa shape index (κ2) is 6.53. The van der Waals surface area contributed by atoms with E-state index in [1.165, 1.54) is 22.3 Å². The lowest BCUT2D eigenvalue weighted by Gasteiger charge is -2.22. The van der Waals surface area contributed by atoms with E-state index < -0.39 is 0 Å². The first-order chi connectivity index (χ1) is 9.67. The van der Waals surface area contributed by atoms with Gasteiger partial charge in [-0.25, -0.2) is 0 Å². The number of pyridine rings is 1. The molecule has 0 saturated carbocycles. The predicted molar refractivity (Wildman–Crippen MR) is 82.2 cm³/mol. The number of nitrogens with one attached hydrogen (secondary N) is 1. The summed E-state index contributed by atoms with van der Waals surface area (Å²) in [6.07, 6.45) is 3.77. The van der Waals surface area contributed by atoms with Crippen molar-refractivity contribution in [2.75, 3.05) is 13.7 Å². The number of hydrogen-bond acceptors (Lipinski definition) is 3. The smallest absolute Gasteiger partial charge is 0.119 e. The van der Waals surface area contributed by atoms with E-state index in [-0.39, 0.29) is 6.04 Å². The van der Waals surface area contributed by atoms with Gasteiger partial charge in [0, 0.05) is 12.4 Å². The van der Waals surface area contributed by atoms with E-state index in [0.717, 1.165) is 12.3 Å². The molecule has 2 rings (SSSR count). The van der Waals surface area contributed by atoms with Crippen LogP contribution >= 0.6 is 0 Å². The van der Waals surface area contributed by atoms with Gasteiger partial charge in [0.25, 0.3) is 0 Å². The van der Waals surface area contributed by atoms with Crippen LogP contribution in [0.5, 0.6) is 5.75 Å². The summed E-state index contributed by atoms with van der Waals surface area (Å²) in [4.78, 5) is 4.18. The number of hydrogen-bond donors (Lipinski definition) is 1. The zero-order valence-corrected chi connectivity index (χ0v) is 12.6. The van der Waals surface area contributed by atoms with Crippen LogP contribution in [0.2, 0.25) is 0 Å². The Labute approximate surface area is 121 Å². The van der Waals surface area contributed by atoms with Crippen molar-refractivity contribution in [3.8, 4) is 5.75 Å². The van der Waals surface area contributed by atoms with Crippen LogP contribution in [0.25, 0.3) is 0 Å². The lowest BCUT2D eigenvalue weighted by molar-refractivity contribution is 0.414. The van der Waals surface area contributed by atoms with E-state index in [9.17, 15) is 0 Å². The molecule has 106 valence electrons. The third-order valence-electron chi connectivity index (χ3n) is 3.57.